The normalized spacial score (nSPS) is 27.4. The van der Waals surface area contributed by atoms with Crippen LogP contribution in [0, 0.1) is 17.8 Å². The third-order valence-corrected chi connectivity index (χ3v) is 8.06. The first-order valence-electron chi connectivity index (χ1n) is 13.5. The van der Waals surface area contributed by atoms with E-state index < -0.39 is 11.7 Å². The number of benzene rings is 1. The van der Waals surface area contributed by atoms with Crippen molar-refractivity contribution in [1.82, 2.24) is 4.90 Å². The average molecular weight is 491 g/mol. The molecule has 1 amide bonds. The van der Waals surface area contributed by atoms with Crippen molar-refractivity contribution in [3.8, 4) is 5.75 Å². The van der Waals surface area contributed by atoms with E-state index in [4.69, 9.17) is 15.2 Å². The molecule has 0 spiro atoms. The fourth-order valence-corrected chi connectivity index (χ4v) is 5.57. The standard InChI is InChI=1S/C28H46N2O5/c1-4-20(2)19-35-26-12-6-5-11-23(26)28(33,13-7-8-15-34-3)22-10-9-14-30(18-22)27(32)21-16-24(29)25(31)17-21/h5-6,11-12,20-22,24-25,31,33H,4,7-10,13-19,29H2,1-3H3/t20?,21-,22?,24+,25-,28-/m0/s1. The minimum absolute atomic E-state index is 0.0599. The lowest BCUT2D eigenvalue weighted by Crippen LogP contribution is -2.49. The minimum Gasteiger partial charge on any atom is -0.493 e. The van der Waals surface area contributed by atoms with E-state index in [9.17, 15) is 15.0 Å². The van der Waals surface area contributed by atoms with Gasteiger partial charge in [-0.15, -0.1) is 0 Å². The largest absolute Gasteiger partial charge is 0.493 e. The van der Waals surface area contributed by atoms with Gasteiger partial charge in [0.15, 0.2) is 0 Å². The quantitative estimate of drug-likeness (QED) is 0.388. The van der Waals surface area contributed by atoms with Crippen LogP contribution in [-0.2, 0) is 15.1 Å². The summed E-state index contributed by atoms with van der Waals surface area (Å²) < 4.78 is 11.5. The van der Waals surface area contributed by atoms with Crippen molar-refractivity contribution >= 4 is 5.91 Å². The molecule has 198 valence electrons. The van der Waals surface area contributed by atoms with Gasteiger partial charge in [-0.05, 0) is 56.9 Å². The molecule has 1 aromatic carbocycles. The van der Waals surface area contributed by atoms with Crippen LogP contribution in [0.15, 0.2) is 24.3 Å². The molecular weight excluding hydrogens is 444 g/mol. The number of hydrogen-bond acceptors (Lipinski definition) is 6. The van der Waals surface area contributed by atoms with Crippen molar-refractivity contribution in [3.63, 3.8) is 0 Å². The first-order valence-corrected chi connectivity index (χ1v) is 13.5. The monoisotopic (exact) mass is 490 g/mol. The SMILES string of the molecule is CCC(C)COc1ccccc1[C@](O)(CCCCOC)C1CCCN(C(=O)[C@H]2C[C@@H](N)[C@@H](O)C2)C1. The third-order valence-electron chi connectivity index (χ3n) is 8.06. The Labute approximate surface area is 211 Å². The van der Waals surface area contributed by atoms with E-state index in [1.54, 1.807) is 7.11 Å². The van der Waals surface area contributed by atoms with Crippen LogP contribution in [0.25, 0.3) is 0 Å². The number of carbonyl (C=O) groups excluding carboxylic acids is 1. The predicted octanol–water partition coefficient (Wildman–Crippen LogP) is 3.45. The maximum Gasteiger partial charge on any atom is 0.225 e. The number of rotatable bonds is 12. The molecule has 0 radical (unpaired) electrons. The molecule has 6 atom stereocenters. The fourth-order valence-electron chi connectivity index (χ4n) is 5.57. The highest BCUT2D eigenvalue weighted by atomic mass is 16.5. The van der Waals surface area contributed by atoms with Crippen LogP contribution >= 0.6 is 0 Å². The molecular formula is C28H46N2O5. The van der Waals surface area contributed by atoms with E-state index in [2.05, 4.69) is 13.8 Å². The number of nitrogens with zero attached hydrogens (tertiary/aromatic N) is 1. The van der Waals surface area contributed by atoms with E-state index in [-0.39, 0.29) is 23.8 Å². The number of aliphatic hydroxyl groups is 2. The molecule has 2 unspecified atom stereocenters. The van der Waals surface area contributed by atoms with Crippen molar-refractivity contribution in [2.24, 2.45) is 23.5 Å². The van der Waals surface area contributed by atoms with Gasteiger partial charge in [-0.1, -0.05) is 38.5 Å². The Kier molecular flexibility index (Phi) is 10.4. The van der Waals surface area contributed by atoms with Gasteiger partial charge in [0, 0.05) is 50.2 Å². The summed E-state index contributed by atoms with van der Waals surface area (Å²) in [6, 6.07) is 7.50. The van der Waals surface area contributed by atoms with Crippen molar-refractivity contribution in [2.45, 2.75) is 83.0 Å². The Hall–Kier alpha value is -1.67. The molecule has 1 aromatic rings. The molecule has 7 nitrogen and oxygen atoms in total. The van der Waals surface area contributed by atoms with Crippen molar-refractivity contribution in [3.05, 3.63) is 29.8 Å². The van der Waals surface area contributed by atoms with Crippen LogP contribution in [0.5, 0.6) is 5.75 Å². The van der Waals surface area contributed by atoms with Crippen LogP contribution in [-0.4, -0.2) is 66.6 Å². The van der Waals surface area contributed by atoms with E-state index in [1.807, 2.05) is 29.2 Å². The Morgan fingerprint density at radius 2 is 2.06 bits per heavy atom. The predicted molar refractivity (Wildman–Crippen MR) is 137 cm³/mol. The molecule has 35 heavy (non-hydrogen) atoms. The molecule has 7 heteroatoms. The number of para-hydroxylation sites is 1. The summed E-state index contributed by atoms with van der Waals surface area (Å²) in [4.78, 5) is 15.2. The number of carbonyl (C=O) groups is 1. The number of amides is 1. The number of unbranched alkanes of at least 4 members (excludes halogenated alkanes) is 1. The summed E-state index contributed by atoms with van der Waals surface area (Å²) in [5.74, 6) is 0.879. The van der Waals surface area contributed by atoms with Gasteiger partial charge in [-0.2, -0.15) is 0 Å². The average Bonchev–Trinajstić information content (AvgIpc) is 3.22. The van der Waals surface area contributed by atoms with Crippen molar-refractivity contribution in [1.29, 1.82) is 0 Å². The number of aliphatic hydroxyl groups excluding tert-OH is 1. The lowest BCUT2D eigenvalue weighted by molar-refractivity contribution is -0.141. The molecule has 3 rings (SSSR count). The molecule has 1 aliphatic carbocycles. The van der Waals surface area contributed by atoms with Crippen molar-refractivity contribution in [2.75, 3.05) is 33.4 Å². The molecule has 1 aliphatic heterocycles. The summed E-state index contributed by atoms with van der Waals surface area (Å²) in [5.41, 5.74) is 5.69. The highest BCUT2D eigenvalue weighted by Gasteiger charge is 2.44. The Bertz CT molecular complexity index is 795. The lowest BCUT2D eigenvalue weighted by Gasteiger charge is -2.44. The second kappa shape index (κ2) is 13.0. The van der Waals surface area contributed by atoms with Crippen LogP contribution in [0.4, 0.5) is 0 Å². The van der Waals surface area contributed by atoms with E-state index in [0.717, 1.165) is 43.4 Å². The second-order valence-corrected chi connectivity index (χ2v) is 10.7. The van der Waals surface area contributed by atoms with Gasteiger partial charge in [0.1, 0.15) is 5.75 Å². The zero-order valence-corrected chi connectivity index (χ0v) is 21.8. The van der Waals surface area contributed by atoms with Gasteiger partial charge in [-0.25, -0.2) is 0 Å². The van der Waals surface area contributed by atoms with Gasteiger partial charge in [0.2, 0.25) is 5.91 Å². The van der Waals surface area contributed by atoms with Gasteiger partial charge in [-0.3, -0.25) is 4.79 Å². The molecule has 1 heterocycles. The summed E-state index contributed by atoms with van der Waals surface area (Å²) in [5, 5.41) is 22.4. The van der Waals surface area contributed by atoms with E-state index in [1.165, 1.54) is 0 Å². The number of nitrogens with two attached hydrogens (primary N) is 1. The summed E-state index contributed by atoms with van der Waals surface area (Å²) >= 11 is 0. The first kappa shape index (κ1) is 27.9. The number of likely N-dealkylation sites (tertiary alicyclic amines) is 1. The maximum absolute atomic E-state index is 13.3. The molecule has 4 N–H and O–H groups in total. The highest BCUT2D eigenvalue weighted by molar-refractivity contribution is 5.79. The molecule has 0 bridgehead atoms. The van der Waals surface area contributed by atoms with Crippen molar-refractivity contribution < 1.29 is 24.5 Å². The van der Waals surface area contributed by atoms with E-state index >= 15 is 0 Å². The molecule has 0 aromatic heterocycles. The number of hydrogen-bond donors (Lipinski definition) is 3. The van der Waals surface area contributed by atoms with Crippen LogP contribution in [0.3, 0.4) is 0 Å². The zero-order valence-electron chi connectivity index (χ0n) is 21.8. The Morgan fingerprint density at radius 1 is 1.29 bits per heavy atom. The Balaban J connectivity index is 1.83. The van der Waals surface area contributed by atoms with Gasteiger partial charge < -0.3 is 30.3 Å². The summed E-state index contributed by atoms with van der Waals surface area (Å²) in [6.07, 6.45) is 5.31. The van der Waals surface area contributed by atoms with Crippen LogP contribution < -0.4 is 10.5 Å². The summed E-state index contributed by atoms with van der Waals surface area (Å²) in [6.45, 7) is 6.75. The minimum atomic E-state index is -1.11. The molecule has 2 aliphatic rings. The van der Waals surface area contributed by atoms with E-state index in [0.29, 0.717) is 51.5 Å². The van der Waals surface area contributed by atoms with Crippen LogP contribution in [0.1, 0.15) is 70.8 Å². The smallest absolute Gasteiger partial charge is 0.225 e. The first-order chi connectivity index (χ1) is 16.8. The van der Waals surface area contributed by atoms with Gasteiger partial charge in [0.25, 0.3) is 0 Å². The van der Waals surface area contributed by atoms with Crippen LogP contribution in [0.2, 0.25) is 0 Å². The number of methoxy groups -OCH3 is 1. The molecule has 1 saturated heterocycles. The maximum atomic E-state index is 13.3. The Morgan fingerprint density at radius 3 is 2.74 bits per heavy atom. The molecule has 1 saturated carbocycles. The van der Waals surface area contributed by atoms with Gasteiger partial charge in [0.05, 0.1) is 18.3 Å². The summed E-state index contributed by atoms with van der Waals surface area (Å²) in [7, 11) is 1.70. The highest BCUT2D eigenvalue weighted by Crippen LogP contribution is 2.44. The topological polar surface area (TPSA) is 105 Å². The molecule has 2 fully saturated rings. The number of piperidine rings is 1. The second-order valence-electron chi connectivity index (χ2n) is 10.7. The fraction of sp³-hybridized carbons (Fsp3) is 0.750. The lowest BCUT2D eigenvalue weighted by atomic mass is 9.73. The zero-order chi connectivity index (χ0) is 25.4. The third kappa shape index (κ3) is 6.97. The van der Waals surface area contributed by atoms with Gasteiger partial charge >= 0.3 is 0 Å². The number of ether oxygens (including phenoxy) is 2.